The minimum absolute atomic E-state index is 0.0271. The second-order valence-corrected chi connectivity index (χ2v) is 5.38. The molecule has 1 aromatic carbocycles. The average molecular weight is 261 g/mol. The zero-order valence-corrected chi connectivity index (χ0v) is 11.6. The Labute approximate surface area is 115 Å². The van der Waals surface area contributed by atoms with Crippen molar-refractivity contribution in [3.8, 4) is 0 Å². The van der Waals surface area contributed by atoms with E-state index in [0.717, 1.165) is 25.7 Å². The molecule has 2 rings (SSSR count). The van der Waals surface area contributed by atoms with Gasteiger partial charge in [-0.1, -0.05) is 31.2 Å². The Bertz CT molecular complexity index is 409. The van der Waals surface area contributed by atoms with Gasteiger partial charge in [-0.3, -0.25) is 4.79 Å². The first-order chi connectivity index (χ1) is 9.19. The van der Waals surface area contributed by atoms with Crippen LogP contribution >= 0.6 is 0 Å². The summed E-state index contributed by atoms with van der Waals surface area (Å²) in [4.78, 5) is 11.7. The van der Waals surface area contributed by atoms with E-state index in [1.165, 1.54) is 11.1 Å². The Hall–Kier alpha value is -1.35. The van der Waals surface area contributed by atoms with E-state index in [4.69, 9.17) is 0 Å². The van der Waals surface area contributed by atoms with Crippen LogP contribution in [0.3, 0.4) is 0 Å². The third-order valence-corrected chi connectivity index (χ3v) is 3.75. The summed E-state index contributed by atoms with van der Waals surface area (Å²) in [6.07, 6.45) is 4.13. The Kier molecular flexibility index (Phi) is 4.97. The third kappa shape index (κ3) is 4.67. The molecule has 1 amide bonds. The number of hydrogen-bond donors (Lipinski definition) is 2. The highest BCUT2D eigenvalue weighted by molar-refractivity contribution is 5.76. The Morgan fingerprint density at radius 2 is 1.95 bits per heavy atom. The van der Waals surface area contributed by atoms with Crippen LogP contribution in [0, 0.1) is 5.92 Å². The van der Waals surface area contributed by atoms with Gasteiger partial charge in [-0.2, -0.15) is 0 Å². The monoisotopic (exact) mass is 261 g/mol. The van der Waals surface area contributed by atoms with Gasteiger partial charge in [0.05, 0.1) is 6.10 Å². The maximum absolute atomic E-state index is 11.7. The first-order valence-electron chi connectivity index (χ1n) is 7.21. The number of aryl methyl sites for hydroxylation is 2. The SMILES string of the molecule is CCc1ccc(CCC(=O)NCC(O)C2CC2)cc1. The first-order valence-corrected chi connectivity index (χ1v) is 7.21. The molecule has 1 atom stereocenters. The second kappa shape index (κ2) is 6.71. The lowest BCUT2D eigenvalue weighted by Gasteiger charge is -2.10. The summed E-state index contributed by atoms with van der Waals surface area (Å²) >= 11 is 0. The van der Waals surface area contributed by atoms with Gasteiger partial charge in [-0.25, -0.2) is 0 Å². The number of nitrogens with one attached hydrogen (secondary N) is 1. The molecule has 0 aromatic heterocycles. The molecule has 2 N–H and O–H groups in total. The van der Waals surface area contributed by atoms with Gasteiger partial charge < -0.3 is 10.4 Å². The van der Waals surface area contributed by atoms with Crippen molar-refractivity contribution in [1.82, 2.24) is 5.32 Å². The van der Waals surface area contributed by atoms with Gasteiger partial charge in [0, 0.05) is 13.0 Å². The van der Waals surface area contributed by atoms with E-state index >= 15 is 0 Å². The molecule has 0 radical (unpaired) electrons. The number of hydrogen-bond acceptors (Lipinski definition) is 2. The van der Waals surface area contributed by atoms with Crippen LogP contribution in [-0.2, 0) is 17.6 Å². The molecular weight excluding hydrogens is 238 g/mol. The standard InChI is InChI=1S/C16H23NO2/c1-2-12-3-5-13(6-4-12)7-10-16(19)17-11-15(18)14-8-9-14/h3-6,14-15,18H,2,7-11H2,1H3,(H,17,19). The largest absolute Gasteiger partial charge is 0.391 e. The summed E-state index contributed by atoms with van der Waals surface area (Å²) in [6.45, 7) is 2.53. The fraction of sp³-hybridized carbons (Fsp3) is 0.562. The quantitative estimate of drug-likeness (QED) is 0.789. The summed E-state index contributed by atoms with van der Waals surface area (Å²) in [7, 11) is 0. The molecule has 0 bridgehead atoms. The fourth-order valence-electron chi connectivity index (χ4n) is 2.15. The molecule has 1 saturated carbocycles. The van der Waals surface area contributed by atoms with Crippen molar-refractivity contribution in [2.75, 3.05) is 6.54 Å². The van der Waals surface area contributed by atoms with Crippen molar-refractivity contribution < 1.29 is 9.90 Å². The molecule has 1 unspecified atom stereocenters. The van der Waals surface area contributed by atoms with Gasteiger partial charge in [0.1, 0.15) is 0 Å². The number of carbonyl (C=O) groups is 1. The molecular formula is C16H23NO2. The van der Waals surface area contributed by atoms with Gasteiger partial charge in [-0.05, 0) is 42.7 Å². The van der Waals surface area contributed by atoms with Crippen LogP contribution < -0.4 is 5.32 Å². The topological polar surface area (TPSA) is 49.3 Å². The van der Waals surface area contributed by atoms with Crippen LogP contribution in [0.25, 0.3) is 0 Å². The summed E-state index contributed by atoms with van der Waals surface area (Å²) in [6, 6.07) is 8.41. The molecule has 0 heterocycles. The minimum atomic E-state index is -0.354. The lowest BCUT2D eigenvalue weighted by molar-refractivity contribution is -0.121. The van der Waals surface area contributed by atoms with E-state index in [9.17, 15) is 9.90 Å². The highest BCUT2D eigenvalue weighted by Gasteiger charge is 2.29. The zero-order chi connectivity index (χ0) is 13.7. The van der Waals surface area contributed by atoms with Crippen molar-refractivity contribution in [2.24, 2.45) is 5.92 Å². The number of aliphatic hydroxyl groups excluding tert-OH is 1. The number of rotatable bonds is 7. The molecule has 104 valence electrons. The van der Waals surface area contributed by atoms with Crippen molar-refractivity contribution in [3.05, 3.63) is 35.4 Å². The highest BCUT2D eigenvalue weighted by atomic mass is 16.3. The predicted octanol–water partition coefficient (Wildman–Crippen LogP) is 2.07. The minimum Gasteiger partial charge on any atom is -0.391 e. The molecule has 0 aliphatic heterocycles. The van der Waals surface area contributed by atoms with E-state index < -0.39 is 0 Å². The van der Waals surface area contributed by atoms with Gasteiger partial charge in [-0.15, -0.1) is 0 Å². The Morgan fingerprint density at radius 1 is 1.32 bits per heavy atom. The summed E-state index contributed by atoms with van der Waals surface area (Å²) in [5.74, 6) is 0.446. The molecule has 1 aliphatic rings. The maximum atomic E-state index is 11.7. The molecule has 1 aliphatic carbocycles. The van der Waals surface area contributed by atoms with Crippen LogP contribution in [0.5, 0.6) is 0 Å². The highest BCUT2D eigenvalue weighted by Crippen LogP contribution is 2.32. The zero-order valence-electron chi connectivity index (χ0n) is 11.6. The van der Waals surface area contributed by atoms with E-state index in [1.54, 1.807) is 0 Å². The van der Waals surface area contributed by atoms with E-state index in [-0.39, 0.29) is 12.0 Å². The number of aliphatic hydroxyl groups is 1. The number of carbonyl (C=O) groups excluding carboxylic acids is 1. The van der Waals surface area contributed by atoms with Gasteiger partial charge in [0.25, 0.3) is 0 Å². The van der Waals surface area contributed by atoms with Gasteiger partial charge >= 0.3 is 0 Å². The van der Waals surface area contributed by atoms with Crippen LogP contribution in [0.1, 0.15) is 37.3 Å². The molecule has 0 saturated heterocycles. The smallest absolute Gasteiger partial charge is 0.220 e. The van der Waals surface area contributed by atoms with Crippen molar-refractivity contribution >= 4 is 5.91 Å². The van der Waals surface area contributed by atoms with Gasteiger partial charge in [0.2, 0.25) is 5.91 Å². The second-order valence-electron chi connectivity index (χ2n) is 5.38. The summed E-state index contributed by atoms with van der Waals surface area (Å²) in [5, 5.41) is 12.5. The van der Waals surface area contributed by atoms with Crippen LogP contribution in [-0.4, -0.2) is 23.7 Å². The molecule has 1 aromatic rings. The number of benzene rings is 1. The summed E-state index contributed by atoms with van der Waals surface area (Å²) < 4.78 is 0. The average Bonchev–Trinajstić information content (AvgIpc) is 3.27. The number of amides is 1. The predicted molar refractivity (Wildman–Crippen MR) is 75.9 cm³/mol. The van der Waals surface area contributed by atoms with Crippen molar-refractivity contribution in [3.63, 3.8) is 0 Å². The van der Waals surface area contributed by atoms with Gasteiger partial charge in [0.15, 0.2) is 0 Å². The molecule has 0 spiro atoms. The van der Waals surface area contributed by atoms with Crippen molar-refractivity contribution in [1.29, 1.82) is 0 Å². The van der Waals surface area contributed by atoms with E-state index in [2.05, 4.69) is 36.5 Å². The lowest BCUT2D eigenvalue weighted by Crippen LogP contribution is -2.33. The lowest BCUT2D eigenvalue weighted by atomic mass is 10.1. The Morgan fingerprint density at radius 3 is 2.53 bits per heavy atom. The first kappa shape index (κ1) is 14.1. The van der Waals surface area contributed by atoms with E-state index in [0.29, 0.717) is 18.9 Å². The van der Waals surface area contributed by atoms with E-state index in [1.807, 2.05) is 0 Å². The Balaban J connectivity index is 1.67. The third-order valence-electron chi connectivity index (χ3n) is 3.75. The van der Waals surface area contributed by atoms with Crippen LogP contribution in [0.15, 0.2) is 24.3 Å². The maximum Gasteiger partial charge on any atom is 0.220 e. The summed E-state index contributed by atoms with van der Waals surface area (Å²) in [5.41, 5.74) is 2.51. The molecule has 19 heavy (non-hydrogen) atoms. The molecule has 3 heteroatoms. The van der Waals surface area contributed by atoms with Crippen molar-refractivity contribution in [2.45, 2.75) is 45.1 Å². The van der Waals surface area contributed by atoms with Crippen LogP contribution in [0.4, 0.5) is 0 Å². The van der Waals surface area contributed by atoms with Crippen LogP contribution in [0.2, 0.25) is 0 Å². The normalized spacial score (nSPS) is 16.1. The molecule has 1 fully saturated rings. The molecule has 3 nitrogen and oxygen atoms in total. The fourth-order valence-corrected chi connectivity index (χ4v) is 2.15.